The Morgan fingerprint density at radius 1 is 1.19 bits per heavy atom. The molecule has 0 saturated carbocycles. The fraction of sp³-hybridized carbons (Fsp3) is 0.238. The van der Waals surface area contributed by atoms with Crippen LogP contribution in [0.3, 0.4) is 0 Å². The van der Waals surface area contributed by atoms with Crippen molar-refractivity contribution >= 4 is 35.2 Å². The van der Waals surface area contributed by atoms with E-state index in [2.05, 4.69) is 0 Å². The number of halogens is 1. The van der Waals surface area contributed by atoms with Gasteiger partial charge in [-0.15, -0.1) is 0 Å². The normalized spacial score (nSPS) is 15.5. The van der Waals surface area contributed by atoms with E-state index in [1.54, 1.807) is 36.4 Å². The Balaban J connectivity index is 2.07. The first-order valence-electron chi connectivity index (χ1n) is 8.48. The molecule has 0 atom stereocenters. The fourth-order valence-electron chi connectivity index (χ4n) is 2.78. The number of carboxylic acids is 1. The van der Waals surface area contributed by atoms with Crippen molar-refractivity contribution in [3.63, 3.8) is 0 Å². The molecule has 0 saturated heterocycles. The highest BCUT2D eigenvalue weighted by atomic mass is 35.5. The van der Waals surface area contributed by atoms with Gasteiger partial charge in [-0.2, -0.15) is 0 Å². The molecule has 3 rings (SSSR count). The van der Waals surface area contributed by atoms with Gasteiger partial charge in [0.05, 0.1) is 5.69 Å². The van der Waals surface area contributed by atoms with Crippen LogP contribution in [-0.2, 0) is 15.0 Å². The number of carboxylic acid groups (broad SMARTS) is 1. The number of amides is 1. The summed E-state index contributed by atoms with van der Waals surface area (Å²) >= 11 is 5.89. The van der Waals surface area contributed by atoms with E-state index in [9.17, 15) is 14.7 Å². The zero-order valence-corrected chi connectivity index (χ0v) is 16.1. The molecule has 0 bridgehead atoms. The second kappa shape index (κ2) is 7.08. The van der Waals surface area contributed by atoms with E-state index in [-0.39, 0.29) is 11.2 Å². The molecule has 6 heteroatoms. The van der Waals surface area contributed by atoms with Crippen molar-refractivity contribution in [2.75, 3.05) is 11.4 Å². The van der Waals surface area contributed by atoms with Crippen LogP contribution < -0.4 is 9.64 Å². The number of rotatable bonds is 3. The summed E-state index contributed by atoms with van der Waals surface area (Å²) in [6.45, 7) is 5.70. The molecule has 0 spiro atoms. The van der Waals surface area contributed by atoms with Crippen molar-refractivity contribution in [2.45, 2.75) is 26.2 Å². The number of carbonyl (C=O) groups is 2. The molecular formula is C21H20ClNO4. The highest BCUT2D eigenvalue weighted by Crippen LogP contribution is 2.39. The summed E-state index contributed by atoms with van der Waals surface area (Å²) in [5.74, 6) is -1.08. The van der Waals surface area contributed by atoms with Gasteiger partial charge < -0.3 is 9.84 Å². The van der Waals surface area contributed by atoms with E-state index in [1.807, 2.05) is 32.9 Å². The molecule has 140 valence electrons. The molecule has 1 aliphatic rings. The van der Waals surface area contributed by atoms with Crippen molar-refractivity contribution in [1.29, 1.82) is 0 Å². The lowest BCUT2D eigenvalue weighted by atomic mass is 9.86. The van der Waals surface area contributed by atoms with Gasteiger partial charge in [-0.3, -0.25) is 14.5 Å². The van der Waals surface area contributed by atoms with E-state index >= 15 is 0 Å². The summed E-state index contributed by atoms with van der Waals surface area (Å²) in [6, 6.07) is 12.4. The SMILES string of the molecule is CC(C)(C)c1ccc2c(c1)N(CC(=O)O)C(=O)C(=Cc1ccc(Cl)cc1)O2. The van der Waals surface area contributed by atoms with Crippen molar-refractivity contribution in [2.24, 2.45) is 0 Å². The van der Waals surface area contributed by atoms with Crippen LogP contribution in [0.25, 0.3) is 6.08 Å². The summed E-state index contributed by atoms with van der Waals surface area (Å²) < 4.78 is 5.80. The quantitative estimate of drug-likeness (QED) is 0.790. The number of fused-ring (bicyclic) bond motifs is 1. The van der Waals surface area contributed by atoms with Gasteiger partial charge in [0, 0.05) is 5.02 Å². The maximum absolute atomic E-state index is 12.9. The molecule has 0 aliphatic carbocycles. The topological polar surface area (TPSA) is 66.8 Å². The molecule has 1 amide bonds. The number of nitrogens with zero attached hydrogens (tertiary/aromatic N) is 1. The van der Waals surface area contributed by atoms with Crippen LogP contribution in [-0.4, -0.2) is 23.5 Å². The minimum Gasteiger partial charge on any atom is -0.480 e. The lowest BCUT2D eigenvalue weighted by molar-refractivity contribution is -0.136. The first kappa shape index (κ1) is 19.0. The van der Waals surface area contributed by atoms with Crippen LogP contribution in [0, 0.1) is 0 Å². The van der Waals surface area contributed by atoms with Gasteiger partial charge in [0.25, 0.3) is 5.91 Å². The van der Waals surface area contributed by atoms with Gasteiger partial charge in [-0.1, -0.05) is 50.6 Å². The van der Waals surface area contributed by atoms with E-state index < -0.39 is 18.4 Å². The number of carbonyl (C=O) groups excluding carboxylic acids is 1. The summed E-state index contributed by atoms with van der Waals surface area (Å²) in [5, 5.41) is 9.86. The third-order valence-electron chi connectivity index (χ3n) is 4.25. The van der Waals surface area contributed by atoms with Gasteiger partial charge in [0.2, 0.25) is 0 Å². The average Bonchev–Trinajstić information content (AvgIpc) is 2.59. The number of hydrogen-bond acceptors (Lipinski definition) is 3. The van der Waals surface area contributed by atoms with Gasteiger partial charge in [0.15, 0.2) is 11.5 Å². The Morgan fingerprint density at radius 3 is 2.44 bits per heavy atom. The van der Waals surface area contributed by atoms with Crippen LogP contribution in [0.2, 0.25) is 5.02 Å². The Bertz CT molecular complexity index is 926. The van der Waals surface area contributed by atoms with Crippen molar-refractivity contribution < 1.29 is 19.4 Å². The Morgan fingerprint density at radius 2 is 1.85 bits per heavy atom. The highest BCUT2D eigenvalue weighted by Gasteiger charge is 2.32. The fourth-order valence-corrected chi connectivity index (χ4v) is 2.91. The zero-order chi connectivity index (χ0) is 19.8. The summed E-state index contributed by atoms with van der Waals surface area (Å²) in [4.78, 5) is 25.5. The minimum absolute atomic E-state index is 0.0644. The minimum atomic E-state index is -1.09. The largest absolute Gasteiger partial charge is 0.480 e. The summed E-state index contributed by atoms with van der Waals surface area (Å²) in [6.07, 6.45) is 1.58. The lowest BCUT2D eigenvalue weighted by Crippen LogP contribution is -2.41. The van der Waals surface area contributed by atoms with Gasteiger partial charge in [-0.05, 0) is 46.9 Å². The van der Waals surface area contributed by atoms with E-state index in [0.29, 0.717) is 16.5 Å². The Kier molecular flexibility index (Phi) is 4.98. The molecule has 2 aromatic carbocycles. The van der Waals surface area contributed by atoms with Crippen LogP contribution >= 0.6 is 11.6 Å². The molecular weight excluding hydrogens is 366 g/mol. The number of anilines is 1. The summed E-state index contributed by atoms with van der Waals surface area (Å²) in [7, 11) is 0. The van der Waals surface area contributed by atoms with E-state index in [0.717, 1.165) is 11.1 Å². The van der Waals surface area contributed by atoms with Crippen LogP contribution in [0.15, 0.2) is 48.2 Å². The molecule has 2 aromatic rings. The highest BCUT2D eigenvalue weighted by molar-refractivity contribution is 6.30. The van der Waals surface area contributed by atoms with Gasteiger partial charge in [0.1, 0.15) is 6.54 Å². The Hall–Kier alpha value is -2.79. The maximum atomic E-state index is 12.9. The third kappa shape index (κ3) is 4.14. The van der Waals surface area contributed by atoms with Crippen LogP contribution in [0.1, 0.15) is 31.9 Å². The smallest absolute Gasteiger partial charge is 0.323 e. The molecule has 0 unspecified atom stereocenters. The number of hydrogen-bond donors (Lipinski definition) is 1. The second-order valence-corrected chi connectivity index (χ2v) is 7.82. The number of aliphatic carboxylic acids is 1. The first-order chi connectivity index (χ1) is 12.6. The maximum Gasteiger partial charge on any atom is 0.323 e. The molecule has 0 radical (unpaired) electrons. The summed E-state index contributed by atoms with van der Waals surface area (Å²) in [5.41, 5.74) is 2.03. The van der Waals surface area contributed by atoms with Gasteiger partial charge >= 0.3 is 5.97 Å². The van der Waals surface area contributed by atoms with Gasteiger partial charge in [-0.25, -0.2) is 0 Å². The average molecular weight is 386 g/mol. The predicted octanol–water partition coefficient (Wildman–Crippen LogP) is 4.49. The van der Waals surface area contributed by atoms with E-state index in [1.165, 1.54) is 4.90 Å². The monoisotopic (exact) mass is 385 g/mol. The predicted molar refractivity (Wildman–Crippen MR) is 105 cm³/mol. The van der Waals surface area contributed by atoms with Crippen LogP contribution in [0.5, 0.6) is 5.75 Å². The number of ether oxygens (including phenoxy) is 1. The molecule has 0 aromatic heterocycles. The molecule has 0 fully saturated rings. The Labute approximate surface area is 162 Å². The molecule has 27 heavy (non-hydrogen) atoms. The molecule has 1 N–H and O–H groups in total. The van der Waals surface area contributed by atoms with E-state index in [4.69, 9.17) is 16.3 Å². The standard InChI is InChI=1S/C21H20ClNO4/c1-21(2,3)14-6-9-17-16(11-14)23(12-19(24)25)20(26)18(27-17)10-13-4-7-15(22)8-5-13/h4-11H,12H2,1-3H3,(H,24,25). The third-order valence-corrected chi connectivity index (χ3v) is 4.50. The van der Waals surface area contributed by atoms with Crippen molar-refractivity contribution in [3.05, 3.63) is 64.4 Å². The lowest BCUT2D eigenvalue weighted by Gasteiger charge is -2.31. The number of benzene rings is 2. The van der Waals surface area contributed by atoms with Crippen molar-refractivity contribution in [1.82, 2.24) is 0 Å². The molecule has 1 heterocycles. The molecule has 1 aliphatic heterocycles. The molecule has 5 nitrogen and oxygen atoms in total. The second-order valence-electron chi connectivity index (χ2n) is 7.38. The zero-order valence-electron chi connectivity index (χ0n) is 15.3. The first-order valence-corrected chi connectivity index (χ1v) is 8.86. The van der Waals surface area contributed by atoms with Crippen molar-refractivity contribution in [3.8, 4) is 5.75 Å². The van der Waals surface area contributed by atoms with Crippen LogP contribution in [0.4, 0.5) is 5.69 Å².